The van der Waals surface area contributed by atoms with Gasteiger partial charge in [0.15, 0.2) is 6.54 Å². The molecule has 0 saturated heterocycles. The van der Waals surface area contributed by atoms with Gasteiger partial charge in [-0.15, -0.1) is 11.3 Å². The zero-order chi connectivity index (χ0) is 16.2. The second-order valence-corrected chi connectivity index (χ2v) is 7.52. The van der Waals surface area contributed by atoms with Gasteiger partial charge in [-0.1, -0.05) is 35.9 Å². The molecule has 0 radical (unpaired) electrons. The van der Waals surface area contributed by atoms with E-state index in [1.54, 1.807) is 11.3 Å². The molecular weight excluding hydrogens is 304 g/mol. The van der Waals surface area contributed by atoms with Gasteiger partial charge in [-0.25, -0.2) is 0 Å². The summed E-state index contributed by atoms with van der Waals surface area (Å²) in [6, 6.07) is 13.3. The van der Waals surface area contributed by atoms with Crippen LogP contribution < -0.4 is 10.6 Å². The van der Waals surface area contributed by atoms with Crippen molar-refractivity contribution in [3.8, 4) is 0 Å². The highest BCUT2D eigenvalue weighted by Gasteiger charge is 2.29. The van der Waals surface area contributed by atoms with Crippen LogP contribution in [0.5, 0.6) is 0 Å². The van der Waals surface area contributed by atoms with E-state index in [2.05, 4.69) is 66.3 Å². The van der Waals surface area contributed by atoms with Crippen molar-refractivity contribution in [2.45, 2.75) is 38.8 Å². The number of hydrogen-bond acceptors (Lipinski definition) is 2. The molecular formula is C19H25N2OS+. The summed E-state index contributed by atoms with van der Waals surface area (Å²) in [5.74, 6) is 0.835. The highest BCUT2D eigenvalue weighted by Crippen LogP contribution is 2.32. The number of nitrogens with one attached hydrogen (secondary N) is 1. The Morgan fingerprint density at radius 3 is 2.65 bits per heavy atom. The van der Waals surface area contributed by atoms with Gasteiger partial charge >= 0.3 is 0 Å². The topological polar surface area (TPSA) is 45.7 Å². The first-order chi connectivity index (χ1) is 11.1. The Balaban J connectivity index is 1.64. The second-order valence-electron chi connectivity index (χ2n) is 6.54. The Kier molecular flexibility index (Phi) is 5.13. The highest BCUT2D eigenvalue weighted by atomic mass is 32.1. The third kappa shape index (κ3) is 4.43. The molecule has 2 aromatic rings. The van der Waals surface area contributed by atoms with E-state index in [1.807, 2.05) is 0 Å². The molecule has 4 heteroatoms. The fourth-order valence-corrected chi connectivity index (χ4v) is 3.76. The van der Waals surface area contributed by atoms with Gasteiger partial charge in [0.25, 0.3) is 5.91 Å². The minimum absolute atomic E-state index is 0.137. The maximum Gasteiger partial charge on any atom is 0.275 e. The van der Waals surface area contributed by atoms with Crippen LogP contribution in [0.4, 0.5) is 0 Å². The fraction of sp³-hybridized carbons (Fsp3) is 0.421. The minimum atomic E-state index is 0.137. The lowest BCUT2D eigenvalue weighted by Gasteiger charge is -2.17. The van der Waals surface area contributed by atoms with Crippen molar-refractivity contribution in [2.75, 3.05) is 6.54 Å². The van der Waals surface area contributed by atoms with Gasteiger partial charge < -0.3 is 10.6 Å². The van der Waals surface area contributed by atoms with Crippen LogP contribution in [0, 0.1) is 12.8 Å². The largest absolute Gasteiger partial charge is 0.348 e. The number of nitrogens with two attached hydrogens (primary N) is 1. The highest BCUT2D eigenvalue weighted by molar-refractivity contribution is 7.10. The fourth-order valence-electron chi connectivity index (χ4n) is 2.91. The third-order valence-corrected chi connectivity index (χ3v) is 5.50. The molecule has 0 unspecified atom stereocenters. The number of benzene rings is 1. The van der Waals surface area contributed by atoms with Crippen molar-refractivity contribution in [1.82, 2.24) is 5.32 Å². The lowest BCUT2D eigenvalue weighted by molar-refractivity contribution is -0.676. The number of hydrogen-bond donors (Lipinski definition) is 2. The number of carbonyl (C=O) groups is 1. The van der Waals surface area contributed by atoms with Crippen LogP contribution in [0.2, 0.25) is 0 Å². The molecule has 2 atom stereocenters. The number of thiophene rings is 1. The SMILES string of the molecule is Cc1ccc([C@@H]([NH2+]CC(=O)N[C@@H](C)C2CC2)c2cccs2)cc1. The number of rotatable bonds is 7. The van der Waals surface area contributed by atoms with Crippen molar-refractivity contribution in [2.24, 2.45) is 5.92 Å². The van der Waals surface area contributed by atoms with Gasteiger partial charge in [-0.05, 0) is 44.1 Å². The maximum atomic E-state index is 12.2. The Morgan fingerprint density at radius 2 is 2.04 bits per heavy atom. The predicted octanol–water partition coefficient (Wildman–Crippen LogP) is 2.62. The molecule has 3 N–H and O–H groups in total. The first-order valence-electron chi connectivity index (χ1n) is 8.36. The van der Waals surface area contributed by atoms with Gasteiger partial charge in [0.1, 0.15) is 6.04 Å². The molecule has 1 heterocycles. The Bertz CT molecular complexity index is 632. The monoisotopic (exact) mass is 329 g/mol. The van der Waals surface area contributed by atoms with Crippen molar-refractivity contribution in [3.63, 3.8) is 0 Å². The molecule has 3 rings (SSSR count). The molecule has 3 nitrogen and oxygen atoms in total. The van der Waals surface area contributed by atoms with Crippen molar-refractivity contribution < 1.29 is 10.1 Å². The predicted molar refractivity (Wildman–Crippen MR) is 94.5 cm³/mol. The molecule has 1 fully saturated rings. The zero-order valence-electron chi connectivity index (χ0n) is 13.8. The Labute approximate surface area is 142 Å². The second kappa shape index (κ2) is 7.28. The standard InChI is InChI=1S/C19H24N2OS/c1-13-5-7-16(8-6-13)19(17-4-3-11-23-17)20-12-18(22)21-14(2)15-9-10-15/h3-8,11,14-15,19-20H,9-10,12H2,1-2H3,(H,21,22)/p+1/t14-,19+/m0/s1. The van der Waals surface area contributed by atoms with Gasteiger partial charge in [-0.2, -0.15) is 0 Å². The normalized spacial score (nSPS) is 16.8. The first-order valence-corrected chi connectivity index (χ1v) is 9.24. The first kappa shape index (κ1) is 16.2. The molecule has 23 heavy (non-hydrogen) atoms. The lowest BCUT2D eigenvalue weighted by Crippen LogP contribution is -2.87. The average Bonchev–Trinajstić information content (AvgIpc) is 3.26. The molecule has 122 valence electrons. The summed E-state index contributed by atoms with van der Waals surface area (Å²) >= 11 is 1.75. The molecule has 1 saturated carbocycles. The lowest BCUT2D eigenvalue weighted by atomic mass is 10.0. The van der Waals surface area contributed by atoms with Gasteiger partial charge in [-0.3, -0.25) is 4.79 Å². The average molecular weight is 329 g/mol. The van der Waals surface area contributed by atoms with Crippen LogP contribution >= 0.6 is 11.3 Å². The van der Waals surface area contributed by atoms with Crippen molar-refractivity contribution >= 4 is 17.2 Å². The van der Waals surface area contributed by atoms with E-state index < -0.39 is 0 Å². The smallest absolute Gasteiger partial charge is 0.275 e. The van der Waals surface area contributed by atoms with Crippen LogP contribution in [0.25, 0.3) is 0 Å². The Morgan fingerprint density at radius 1 is 1.30 bits per heavy atom. The summed E-state index contributed by atoms with van der Waals surface area (Å²) in [4.78, 5) is 13.5. The van der Waals surface area contributed by atoms with Crippen molar-refractivity contribution in [3.05, 3.63) is 57.8 Å². The van der Waals surface area contributed by atoms with Crippen LogP contribution in [-0.2, 0) is 4.79 Å². The van der Waals surface area contributed by atoms with Crippen LogP contribution in [0.15, 0.2) is 41.8 Å². The van der Waals surface area contributed by atoms with Gasteiger partial charge in [0.05, 0.1) is 4.88 Å². The summed E-state index contributed by atoms with van der Waals surface area (Å²) < 4.78 is 0. The minimum Gasteiger partial charge on any atom is -0.348 e. The van der Waals surface area contributed by atoms with Crippen LogP contribution in [0.1, 0.15) is 41.8 Å². The molecule has 0 aliphatic heterocycles. The summed E-state index contributed by atoms with van der Waals surface area (Å²) in [6.45, 7) is 4.68. The van der Waals surface area contributed by atoms with E-state index in [-0.39, 0.29) is 11.9 Å². The number of quaternary nitrogens is 1. The molecule has 0 bridgehead atoms. The van der Waals surface area contributed by atoms with E-state index in [0.717, 1.165) is 0 Å². The number of carbonyl (C=O) groups excluding carboxylic acids is 1. The third-order valence-electron chi connectivity index (χ3n) is 4.54. The van der Waals surface area contributed by atoms with E-state index in [9.17, 15) is 4.79 Å². The summed E-state index contributed by atoms with van der Waals surface area (Å²) in [7, 11) is 0. The van der Waals surface area contributed by atoms with E-state index in [1.165, 1.54) is 28.8 Å². The zero-order valence-corrected chi connectivity index (χ0v) is 14.6. The molecule has 1 aromatic carbocycles. The summed E-state index contributed by atoms with van der Waals surface area (Å²) in [5.41, 5.74) is 2.51. The number of aryl methyl sites for hydroxylation is 1. The van der Waals surface area contributed by atoms with E-state index >= 15 is 0 Å². The maximum absolute atomic E-state index is 12.2. The van der Waals surface area contributed by atoms with Gasteiger partial charge in [0, 0.05) is 11.6 Å². The van der Waals surface area contributed by atoms with Crippen LogP contribution in [0.3, 0.4) is 0 Å². The van der Waals surface area contributed by atoms with Gasteiger partial charge in [0.2, 0.25) is 0 Å². The van der Waals surface area contributed by atoms with E-state index in [4.69, 9.17) is 0 Å². The summed E-state index contributed by atoms with van der Waals surface area (Å²) in [6.07, 6.45) is 2.51. The molecule has 0 spiro atoms. The molecule has 1 aromatic heterocycles. The Hall–Kier alpha value is -1.65. The molecule has 1 aliphatic rings. The quantitative estimate of drug-likeness (QED) is 0.806. The number of amides is 1. The summed E-state index contributed by atoms with van der Waals surface area (Å²) in [5, 5.41) is 7.38. The van der Waals surface area contributed by atoms with Crippen LogP contribution in [-0.4, -0.2) is 18.5 Å². The van der Waals surface area contributed by atoms with E-state index in [0.29, 0.717) is 18.5 Å². The molecule has 1 aliphatic carbocycles. The van der Waals surface area contributed by atoms with Crippen molar-refractivity contribution in [1.29, 1.82) is 0 Å². The molecule has 1 amide bonds.